The number of hydrogen-bond donors (Lipinski definition) is 6. The largest absolute Gasteiger partial charge is 0.481 e. The highest BCUT2D eigenvalue weighted by atomic mass is 16.4. The van der Waals surface area contributed by atoms with Crippen LogP contribution in [0, 0.1) is 11.8 Å². The lowest BCUT2D eigenvalue weighted by molar-refractivity contribution is -0.140. The van der Waals surface area contributed by atoms with Crippen LogP contribution in [0.3, 0.4) is 0 Å². The standard InChI is InChI=1S/C21H20N6O6/c22-21-26-17-14(19(31)27-21)9-13(24-17)4-2-1-3-12-6-5-11(10-23-12)18(30)25-15(20(32)33)7-8-16(28)29/h5-6,9-10,15H,2,4,7-8H2,(H,25,30)(H,28,29)(H,32,33)(H4,22,24,26,27,31)/t15-/m0/s1. The number of fused-ring (bicyclic) bond motifs is 1. The molecular weight excluding hydrogens is 432 g/mol. The number of hydrogen-bond acceptors (Lipinski definition) is 7. The van der Waals surface area contributed by atoms with E-state index >= 15 is 0 Å². The Bertz CT molecular complexity index is 1310. The van der Waals surface area contributed by atoms with Crippen molar-refractivity contribution in [1.82, 2.24) is 25.3 Å². The van der Waals surface area contributed by atoms with E-state index in [1.165, 1.54) is 18.3 Å². The van der Waals surface area contributed by atoms with E-state index in [0.29, 0.717) is 29.6 Å². The summed E-state index contributed by atoms with van der Waals surface area (Å²) in [6.07, 6.45) is 1.64. The van der Waals surface area contributed by atoms with Crippen molar-refractivity contribution in [2.45, 2.75) is 31.7 Å². The van der Waals surface area contributed by atoms with Gasteiger partial charge in [-0.05, 0) is 37.0 Å². The van der Waals surface area contributed by atoms with E-state index in [1.54, 1.807) is 6.07 Å². The number of carboxylic acids is 2. The maximum Gasteiger partial charge on any atom is 0.326 e. The molecule has 170 valence electrons. The molecule has 0 aliphatic carbocycles. The first-order valence-electron chi connectivity index (χ1n) is 9.80. The Labute approximate surface area is 186 Å². The molecule has 0 radical (unpaired) electrons. The van der Waals surface area contributed by atoms with Gasteiger partial charge in [-0.2, -0.15) is 4.98 Å². The molecule has 0 unspecified atom stereocenters. The number of nitrogen functional groups attached to an aromatic ring is 1. The molecule has 1 atom stereocenters. The van der Waals surface area contributed by atoms with Crippen LogP contribution in [0.5, 0.6) is 0 Å². The van der Waals surface area contributed by atoms with Crippen LogP contribution in [-0.2, 0) is 16.0 Å². The summed E-state index contributed by atoms with van der Waals surface area (Å²) < 4.78 is 0. The highest BCUT2D eigenvalue weighted by Gasteiger charge is 2.21. The van der Waals surface area contributed by atoms with Gasteiger partial charge < -0.3 is 26.2 Å². The maximum absolute atomic E-state index is 12.2. The summed E-state index contributed by atoms with van der Waals surface area (Å²) in [4.78, 5) is 59.4. The Morgan fingerprint density at radius 3 is 2.67 bits per heavy atom. The molecule has 0 spiro atoms. The Morgan fingerprint density at radius 2 is 2.00 bits per heavy atom. The lowest BCUT2D eigenvalue weighted by Gasteiger charge is -2.13. The fourth-order valence-corrected chi connectivity index (χ4v) is 2.95. The first kappa shape index (κ1) is 23.0. The van der Waals surface area contributed by atoms with Gasteiger partial charge in [-0.1, -0.05) is 5.92 Å². The molecule has 3 heterocycles. The van der Waals surface area contributed by atoms with Crippen molar-refractivity contribution in [2.75, 3.05) is 5.73 Å². The van der Waals surface area contributed by atoms with Crippen molar-refractivity contribution in [3.63, 3.8) is 0 Å². The number of carboxylic acid groups (broad SMARTS) is 2. The summed E-state index contributed by atoms with van der Waals surface area (Å²) in [5, 5.41) is 20.5. The minimum absolute atomic E-state index is 0.0302. The zero-order valence-corrected chi connectivity index (χ0v) is 17.2. The van der Waals surface area contributed by atoms with Crippen LogP contribution < -0.4 is 16.6 Å². The number of pyridine rings is 1. The lowest BCUT2D eigenvalue weighted by atomic mass is 10.1. The molecule has 12 heteroatoms. The van der Waals surface area contributed by atoms with Crippen molar-refractivity contribution in [1.29, 1.82) is 0 Å². The molecule has 0 aromatic carbocycles. The Balaban J connectivity index is 1.57. The van der Waals surface area contributed by atoms with Gasteiger partial charge in [0.05, 0.1) is 10.9 Å². The highest BCUT2D eigenvalue weighted by Crippen LogP contribution is 2.11. The molecule has 3 aromatic heterocycles. The van der Waals surface area contributed by atoms with Crippen LogP contribution in [-0.4, -0.2) is 54.0 Å². The summed E-state index contributed by atoms with van der Waals surface area (Å²) in [6, 6.07) is 3.33. The second-order valence-corrected chi connectivity index (χ2v) is 7.04. The van der Waals surface area contributed by atoms with E-state index in [1.807, 2.05) is 0 Å². The number of carbonyl (C=O) groups is 3. The highest BCUT2D eigenvalue weighted by molar-refractivity contribution is 5.96. The molecule has 0 aliphatic heterocycles. The van der Waals surface area contributed by atoms with Crippen LogP contribution in [0.1, 0.15) is 41.0 Å². The number of H-pyrrole nitrogens is 2. The Hall–Kier alpha value is -4.66. The predicted molar refractivity (Wildman–Crippen MR) is 116 cm³/mol. The van der Waals surface area contributed by atoms with Crippen LogP contribution in [0.4, 0.5) is 5.95 Å². The molecule has 0 aliphatic rings. The molecule has 7 N–H and O–H groups in total. The monoisotopic (exact) mass is 452 g/mol. The SMILES string of the molecule is Nc1nc2[nH]c(CCC#Cc3ccc(C(=O)N[C@@H](CCC(=O)O)C(=O)O)cn3)cc2c(=O)[nH]1. The van der Waals surface area contributed by atoms with E-state index in [2.05, 4.69) is 37.1 Å². The van der Waals surface area contributed by atoms with E-state index in [4.69, 9.17) is 15.9 Å². The summed E-state index contributed by atoms with van der Waals surface area (Å²) in [7, 11) is 0. The van der Waals surface area contributed by atoms with Gasteiger partial charge in [-0.25, -0.2) is 9.78 Å². The Morgan fingerprint density at radius 1 is 1.21 bits per heavy atom. The van der Waals surface area contributed by atoms with Gasteiger partial charge in [0.15, 0.2) is 0 Å². The second-order valence-electron chi connectivity index (χ2n) is 7.04. The maximum atomic E-state index is 12.2. The van der Waals surface area contributed by atoms with Gasteiger partial charge in [0.1, 0.15) is 17.4 Å². The average molecular weight is 452 g/mol. The van der Waals surface area contributed by atoms with E-state index in [-0.39, 0.29) is 29.9 Å². The smallest absolute Gasteiger partial charge is 0.326 e. The summed E-state index contributed by atoms with van der Waals surface area (Å²) in [5.74, 6) is 2.68. The van der Waals surface area contributed by atoms with Crippen molar-refractivity contribution in [3.05, 3.63) is 51.7 Å². The molecule has 33 heavy (non-hydrogen) atoms. The predicted octanol–water partition coefficient (Wildman–Crippen LogP) is 0.261. The molecule has 3 rings (SSSR count). The number of aryl methyl sites for hydroxylation is 1. The zero-order chi connectivity index (χ0) is 24.0. The summed E-state index contributed by atoms with van der Waals surface area (Å²) >= 11 is 0. The molecular formula is C21H20N6O6. The van der Waals surface area contributed by atoms with Crippen molar-refractivity contribution < 1.29 is 24.6 Å². The number of nitrogens with one attached hydrogen (secondary N) is 3. The molecule has 0 fully saturated rings. The van der Waals surface area contributed by atoms with Crippen LogP contribution in [0.15, 0.2) is 29.2 Å². The normalized spacial score (nSPS) is 11.4. The topological polar surface area (TPSA) is 204 Å². The van der Waals surface area contributed by atoms with Crippen LogP contribution in [0.2, 0.25) is 0 Å². The van der Waals surface area contributed by atoms with E-state index in [9.17, 15) is 19.2 Å². The number of aliphatic carboxylic acids is 2. The number of carbonyl (C=O) groups excluding carboxylic acids is 1. The van der Waals surface area contributed by atoms with Crippen LogP contribution in [0.25, 0.3) is 11.0 Å². The lowest BCUT2D eigenvalue weighted by Crippen LogP contribution is -2.41. The molecule has 0 saturated heterocycles. The number of amides is 1. The number of aromatic amines is 2. The fraction of sp³-hybridized carbons (Fsp3) is 0.238. The average Bonchev–Trinajstić information content (AvgIpc) is 3.17. The molecule has 0 bridgehead atoms. The van der Waals surface area contributed by atoms with Gasteiger partial charge in [0.25, 0.3) is 11.5 Å². The van der Waals surface area contributed by atoms with Crippen molar-refractivity contribution in [3.8, 4) is 11.8 Å². The van der Waals surface area contributed by atoms with Gasteiger partial charge >= 0.3 is 11.9 Å². The van der Waals surface area contributed by atoms with Gasteiger partial charge in [0, 0.05) is 24.7 Å². The van der Waals surface area contributed by atoms with E-state index in [0.717, 1.165) is 5.69 Å². The quantitative estimate of drug-likeness (QED) is 0.259. The third-order valence-electron chi connectivity index (χ3n) is 4.58. The molecule has 12 nitrogen and oxygen atoms in total. The third kappa shape index (κ3) is 6.17. The molecule has 3 aromatic rings. The fourth-order valence-electron chi connectivity index (χ4n) is 2.95. The van der Waals surface area contributed by atoms with Crippen molar-refractivity contribution in [2.24, 2.45) is 0 Å². The van der Waals surface area contributed by atoms with Gasteiger partial charge in [-0.15, -0.1) is 0 Å². The first-order valence-corrected chi connectivity index (χ1v) is 9.80. The van der Waals surface area contributed by atoms with Gasteiger partial charge in [0.2, 0.25) is 5.95 Å². The van der Waals surface area contributed by atoms with Gasteiger partial charge in [-0.3, -0.25) is 19.4 Å². The minimum atomic E-state index is -1.32. The number of nitrogens with two attached hydrogens (primary N) is 1. The summed E-state index contributed by atoms with van der Waals surface area (Å²) in [5.41, 5.74) is 6.92. The second kappa shape index (κ2) is 10.1. The number of aromatic nitrogens is 4. The third-order valence-corrected chi connectivity index (χ3v) is 4.58. The molecule has 1 amide bonds. The number of nitrogens with zero attached hydrogens (tertiary/aromatic N) is 2. The number of rotatable bonds is 8. The Kier molecular flexibility index (Phi) is 7.04. The number of anilines is 1. The summed E-state index contributed by atoms with van der Waals surface area (Å²) in [6.45, 7) is 0. The first-order chi connectivity index (χ1) is 15.7. The van der Waals surface area contributed by atoms with Crippen LogP contribution >= 0.6 is 0 Å². The minimum Gasteiger partial charge on any atom is -0.481 e. The van der Waals surface area contributed by atoms with E-state index < -0.39 is 23.9 Å². The van der Waals surface area contributed by atoms with Crippen molar-refractivity contribution >= 4 is 34.8 Å². The zero-order valence-electron chi connectivity index (χ0n) is 17.2. The molecule has 0 saturated carbocycles.